The van der Waals surface area contributed by atoms with E-state index in [-0.39, 0.29) is 11.7 Å². The van der Waals surface area contributed by atoms with Gasteiger partial charge < -0.3 is 10.6 Å². The van der Waals surface area contributed by atoms with E-state index in [0.29, 0.717) is 17.9 Å². The number of nitrogens with zero attached hydrogens (tertiary/aromatic N) is 1. The van der Waals surface area contributed by atoms with E-state index in [1.54, 1.807) is 30.5 Å². The first-order valence-corrected chi connectivity index (χ1v) is 6.46. The van der Waals surface area contributed by atoms with E-state index in [2.05, 4.69) is 15.6 Å². The molecule has 0 aliphatic rings. The molecule has 0 atom stereocenters. The van der Waals surface area contributed by atoms with Gasteiger partial charge in [-0.1, -0.05) is 6.92 Å². The molecule has 4 nitrogen and oxygen atoms in total. The summed E-state index contributed by atoms with van der Waals surface area (Å²) in [5.74, 6) is 0.330. The minimum atomic E-state index is -0.280. The molecule has 20 heavy (non-hydrogen) atoms. The Morgan fingerprint density at radius 3 is 2.45 bits per heavy atom. The van der Waals surface area contributed by atoms with Gasteiger partial charge in [0, 0.05) is 12.1 Å². The molecule has 0 saturated heterocycles. The van der Waals surface area contributed by atoms with E-state index >= 15 is 0 Å². The molecular formula is C15H16FN3O. The molecule has 5 heteroatoms. The number of anilines is 3. The van der Waals surface area contributed by atoms with E-state index in [4.69, 9.17) is 0 Å². The summed E-state index contributed by atoms with van der Waals surface area (Å²) >= 11 is 0. The number of hydrogen-bond acceptors (Lipinski definition) is 3. The van der Waals surface area contributed by atoms with Gasteiger partial charge in [-0.15, -0.1) is 0 Å². The average molecular weight is 273 g/mol. The fraction of sp³-hybridized carbons (Fsp3) is 0.200. The molecule has 0 aliphatic heterocycles. The first-order chi connectivity index (χ1) is 9.67. The van der Waals surface area contributed by atoms with Crippen molar-refractivity contribution in [3.63, 3.8) is 0 Å². The molecule has 2 N–H and O–H groups in total. The molecule has 0 radical (unpaired) electrons. The lowest BCUT2D eigenvalue weighted by atomic mass is 10.3. The van der Waals surface area contributed by atoms with Gasteiger partial charge >= 0.3 is 0 Å². The number of hydrogen-bond donors (Lipinski definition) is 2. The third-order valence-corrected chi connectivity index (χ3v) is 2.64. The molecule has 1 amide bonds. The summed E-state index contributed by atoms with van der Waals surface area (Å²) < 4.78 is 12.8. The molecule has 0 fully saturated rings. The van der Waals surface area contributed by atoms with Gasteiger partial charge in [0.15, 0.2) is 0 Å². The Bertz CT molecular complexity index is 567. The van der Waals surface area contributed by atoms with E-state index < -0.39 is 0 Å². The highest BCUT2D eigenvalue weighted by atomic mass is 19.1. The lowest BCUT2D eigenvalue weighted by molar-refractivity contribution is -0.116. The van der Waals surface area contributed by atoms with Crippen molar-refractivity contribution in [1.82, 2.24) is 4.98 Å². The molecule has 1 aromatic heterocycles. The van der Waals surface area contributed by atoms with Crippen molar-refractivity contribution in [3.8, 4) is 0 Å². The van der Waals surface area contributed by atoms with Gasteiger partial charge in [0.25, 0.3) is 0 Å². The highest BCUT2D eigenvalue weighted by molar-refractivity contribution is 5.90. The summed E-state index contributed by atoms with van der Waals surface area (Å²) in [7, 11) is 0. The van der Waals surface area contributed by atoms with Gasteiger partial charge in [-0.05, 0) is 42.8 Å². The van der Waals surface area contributed by atoms with E-state index in [9.17, 15) is 9.18 Å². The monoisotopic (exact) mass is 273 g/mol. The summed E-state index contributed by atoms with van der Waals surface area (Å²) in [5.41, 5.74) is 1.41. The molecule has 2 aromatic rings. The van der Waals surface area contributed by atoms with Crippen LogP contribution in [0.4, 0.5) is 21.6 Å². The van der Waals surface area contributed by atoms with Gasteiger partial charge in [-0.3, -0.25) is 4.79 Å². The summed E-state index contributed by atoms with van der Waals surface area (Å²) in [6.45, 7) is 1.95. The third kappa shape index (κ3) is 4.05. The number of nitrogens with one attached hydrogen (secondary N) is 2. The zero-order valence-corrected chi connectivity index (χ0v) is 11.2. The topological polar surface area (TPSA) is 54.0 Å². The Hall–Kier alpha value is -2.43. The summed E-state index contributed by atoms with van der Waals surface area (Å²) in [4.78, 5) is 15.6. The molecule has 0 unspecified atom stereocenters. The van der Waals surface area contributed by atoms with Crippen molar-refractivity contribution in [2.24, 2.45) is 0 Å². The second-order valence-corrected chi connectivity index (χ2v) is 4.36. The molecule has 104 valence electrons. The largest absolute Gasteiger partial charge is 0.340 e. The normalized spacial score (nSPS) is 10.1. The fourth-order valence-corrected chi connectivity index (χ4v) is 1.67. The molecular weight excluding hydrogens is 257 g/mol. The number of carbonyl (C=O) groups excluding carboxylic acids is 1. The minimum absolute atomic E-state index is 0.0199. The van der Waals surface area contributed by atoms with Crippen molar-refractivity contribution in [3.05, 3.63) is 48.4 Å². The van der Waals surface area contributed by atoms with Crippen LogP contribution in [0.3, 0.4) is 0 Å². The van der Waals surface area contributed by atoms with E-state index in [1.807, 2.05) is 6.92 Å². The maximum Gasteiger partial charge on any atom is 0.224 e. The smallest absolute Gasteiger partial charge is 0.224 e. The lowest BCUT2D eigenvalue weighted by Gasteiger charge is -2.07. The molecule has 1 aromatic carbocycles. The average Bonchev–Trinajstić information content (AvgIpc) is 2.44. The van der Waals surface area contributed by atoms with Gasteiger partial charge in [-0.25, -0.2) is 9.37 Å². The highest BCUT2D eigenvalue weighted by Crippen LogP contribution is 2.16. The van der Waals surface area contributed by atoms with Crippen LogP contribution in [-0.4, -0.2) is 10.9 Å². The SMILES string of the molecule is CCCC(=O)Nc1ccc(Nc2ccc(F)cc2)nc1. The lowest BCUT2D eigenvalue weighted by Crippen LogP contribution is -2.10. The van der Waals surface area contributed by atoms with Crippen molar-refractivity contribution in [1.29, 1.82) is 0 Å². The maximum absolute atomic E-state index is 12.8. The van der Waals surface area contributed by atoms with Crippen LogP contribution in [0.1, 0.15) is 19.8 Å². The van der Waals surface area contributed by atoms with Crippen LogP contribution in [0, 0.1) is 5.82 Å². The van der Waals surface area contributed by atoms with Crippen molar-refractivity contribution in [2.45, 2.75) is 19.8 Å². The number of benzene rings is 1. The molecule has 1 heterocycles. The second kappa shape index (κ2) is 6.65. The number of aromatic nitrogens is 1. The van der Waals surface area contributed by atoms with Crippen LogP contribution in [-0.2, 0) is 4.79 Å². The van der Waals surface area contributed by atoms with Crippen LogP contribution in [0.15, 0.2) is 42.6 Å². The van der Waals surface area contributed by atoms with Crippen LogP contribution in [0.2, 0.25) is 0 Å². The molecule has 0 aliphatic carbocycles. The van der Waals surface area contributed by atoms with Gasteiger partial charge in [0.05, 0.1) is 11.9 Å². The predicted molar refractivity (Wildman–Crippen MR) is 77.5 cm³/mol. The number of amides is 1. The standard InChI is InChI=1S/C15H16FN3O/c1-2-3-15(20)19-13-8-9-14(17-10-13)18-12-6-4-11(16)5-7-12/h4-10H,2-3H2,1H3,(H,17,18)(H,19,20). The molecule has 0 saturated carbocycles. The van der Waals surface area contributed by atoms with Crippen molar-refractivity contribution in [2.75, 3.05) is 10.6 Å². The van der Waals surface area contributed by atoms with Gasteiger partial charge in [0.1, 0.15) is 11.6 Å². The van der Waals surface area contributed by atoms with Crippen molar-refractivity contribution >= 4 is 23.1 Å². The summed E-state index contributed by atoms with van der Waals surface area (Å²) in [5, 5.41) is 5.81. The predicted octanol–water partition coefficient (Wildman–Crippen LogP) is 3.70. The van der Waals surface area contributed by atoms with Crippen molar-refractivity contribution < 1.29 is 9.18 Å². The van der Waals surface area contributed by atoms with E-state index in [1.165, 1.54) is 12.1 Å². The third-order valence-electron chi connectivity index (χ3n) is 2.64. The van der Waals surface area contributed by atoms with Crippen LogP contribution < -0.4 is 10.6 Å². The zero-order valence-electron chi connectivity index (χ0n) is 11.2. The summed E-state index contributed by atoms with van der Waals surface area (Å²) in [6.07, 6.45) is 2.89. The number of halogens is 1. The Balaban J connectivity index is 1.97. The van der Waals surface area contributed by atoms with Gasteiger partial charge in [0.2, 0.25) is 5.91 Å². The Kier molecular flexibility index (Phi) is 4.65. The maximum atomic E-state index is 12.8. The highest BCUT2D eigenvalue weighted by Gasteiger charge is 2.02. The first kappa shape index (κ1) is 14.0. The van der Waals surface area contributed by atoms with Crippen LogP contribution >= 0.6 is 0 Å². The van der Waals surface area contributed by atoms with Crippen LogP contribution in [0.5, 0.6) is 0 Å². The number of pyridine rings is 1. The number of rotatable bonds is 5. The van der Waals surface area contributed by atoms with Crippen LogP contribution in [0.25, 0.3) is 0 Å². The van der Waals surface area contributed by atoms with E-state index in [0.717, 1.165) is 12.1 Å². The first-order valence-electron chi connectivity index (χ1n) is 6.46. The minimum Gasteiger partial charge on any atom is -0.340 e. The summed E-state index contributed by atoms with van der Waals surface area (Å²) in [6, 6.07) is 9.54. The Morgan fingerprint density at radius 2 is 1.85 bits per heavy atom. The molecule has 0 bridgehead atoms. The quantitative estimate of drug-likeness (QED) is 0.873. The Morgan fingerprint density at radius 1 is 1.15 bits per heavy atom. The molecule has 2 rings (SSSR count). The Labute approximate surface area is 117 Å². The molecule has 0 spiro atoms. The number of carbonyl (C=O) groups is 1. The van der Waals surface area contributed by atoms with Gasteiger partial charge in [-0.2, -0.15) is 0 Å². The second-order valence-electron chi connectivity index (χ2n) is 4.36. The zero-order chi connectivity index (χ0) is 14.4. The fourth-order valence-electron chi connectivity index (χ4n) is 1.67.